The number of hydrogen-bond donors (Lipinski definition) is 1. The van der Waals surface area contributed by atoms with Crippen LogP contribution in [0.25, 0.3) is 0 Å². The maximum atomic E-state index is 9.94. The second-order valence-corrected chi connectivity index (χ2v) is 0.963. The molecule has 42 valence electrons. The van der Waals surface area contributed by atoms with Crippen molar-refractivity contribution in [2.24, 2.45) is 0 Å². The molecule has 0 aliphatic rings. The van der Waals surface area contributed by atoms with Crippen LogP contribution in [-0.4, -0.2) is 73.2 Å². The standard InChI is InChI=1S/C4H8O3.Ba/c1-2-7-4(6)3-5;/h5H,2-3H2,1H3;/q;+2. The summed E-state index contributed by atoms with van der Waals surface area (Å²) in [4.78, 5) is 9.94. The van der Waals surface area contributed by atoms with Crippen molar-refractivity contribution < 1.29 is 14.6 Å². The molecule has 0 aromatic rings. The molecular formula is C4H8BaO3+2. The molecule has 0 saturated heterocycles. The zero-order chi connectivity index (χ0) is 5.70. The molecule has 0 heterocycles. The molecule has 4 heteroatoms. The number of ether oxygens (including phenoxy) is 1. The number of carbonyl (C=O) groups is 1. The molecule has 0 amide bonds. The topological polar surface area (TPSA) is 46.5 Å². The van der Waals surface area contributed by atoms with E-state index >= 15 is 0 Å². The van der Waals surface area contributed by atoms with E-state index in [2.05, 4.69) is 4.74 Å². The first-order chi connectivity index (χ1) is 3.31. The van der Waals surface area contributed by atoms with Crippen LogP contribution in [0.3, 0.4) is 0 Å². The molecule has 0 unspecified atom stereocenters. The minimum absolute atomic E-state index is 0. The van der Waals surface area contributed by atoms with Gasteiger partial charge in [0.15, 0.2) is 0 Å². The Labute approximate surface area is 88.5 Å². The largest absolute Gasteiger partial charge is 2.00 e. The van der Waals surface area contributed by atoms with E-state index in [1.807, 2.05) is 0 Å². The summed E-state index contributed by atoms with van der Waals surface area (Å²) in [5, 5.41) is 7.99. The number of aliphatic hydroxyl groups is 1. The normalized spacial score (nSPS) is 7.25. The Balaban J connectivity index is 0. The van der Waals surface area contributed by atoms with E-state index in [4.69, 9.17) is 5.11 Å². The molecule has 0 fully saturated rings. The summed E-state index contributed by atoms with van der Waals surface area (Å²) in [5.74, 6) is -0.567. The number of esters is 1. The molecule has 0 atom stereocenters. The van der Waals surface area contributed by atoms with Crippen molar-refractivity contribution in [2.45, 2.75) is 6.92 Å². The van der Waals surface area contributed by atoms with Crippen LogP contribution < -0.4 is 0 Å². The van der Waals surface area contributed by atoms with Crippen molar-refractivity contribution in [3.63, 3.8) is 0 Å². The number of carbonyl (C=O) groups excluding carboxylic acids is 1. The zero-order valence-electron chi connectivity index (χ0n) is 4.89. The zero-order valence-corrected chi connectivity index (χ0v) is 9.33. The second-order valence-electron chi connectivity index (χ2n) is 0.963. The first-order valence-electron chi connectivity index (χ1n) is 2.07. The molecule has 0 aliphatic carbocycles. The average molecular weight is 241 g/mol. The third-order valence-electron chi connectivity index (χ3n) is 0.434. The van der Waals surface area contributed by atoms with E-state index in [0.29, 0.717) is 6.61 Å². The maximum Gasteiger partial charge on any atom is 2.00 e. The van der Waals surface area contributed by atoms with E-state index in [9.17, 15) is 4.79 Å². The van der Waals surface area contributed by atoms with Gasteiger partial charge in [0.25, 0.3) is 0 Å². The van der Waals surface area contributed by atoms with Crippen molar-refractivity contribution in [1.82, 2.24) is 0 Å². The molecule has 8 heavy (non-hydrogen) atoms. The fourth-order valence-electron chi connectivity index (χ4n) is 0.207. The monoisotopic (exact) mass is 242 g/mol. The molecule has 0 radical (unpaired) electrons. The Morgan fingerprint density at radius 1 is 1.75 bits per heavy atom. The molecule has 0 rings (SSSR count). The predicted octanol–water partition coefficient (Wildman–Crippen LogP) is -0.839. The average Bonchev–Trinajstić information content (AvgIpc) is 1.68. The van der Waals surface area contributed by atoms with Gasteiger partial charge >= 0.3 is 54.9 Å². The van der Waals surface area contributed by atoms with Crippen LogP contribution >= 0.6 is 0 Å². The molecule has 0 aromatic carbocycles. The van der Waals surface area contributed by atoms with Crippen LogP contribution in [-0.2, 0) is 9.53 Å². The SMILES string of the molecule is CCOC(=O)CO.[Ba+2]. The third kappa shape index (κ3) is 7.00. The van der Waals surface area contributed by atoms with Crippen molar-refractivity contribution >= 4 is 54.9 Å². The smallest absolute Gasteiger partial charge is 0.464 e. The van der Waals surface area contributed by atoms with E-state index in [1.165, 1.54) is 0 Å². The quantitative estimate of drug-likeness (QED) is 0.507. The van der Waals surface area contributed by atoms with Crippen molar-refractivity contribution in [3.8, 4) is 0 Å². The summed E-state index contributed by atoms with van der Waals surface area (Å²) in [6.07, 6.45) is 0. The van der Waals surface area contributed by atoms with Gasteiger partial charge < -0.3 is 9.84 Å². The predicted molar refractivity (Wildman–Crippen MR) is 29.5 cm³/mol. The van der Waals surface area contributed by atoms with Crippen molar-refractivity contribution in [1.29, 1.82) is 0 Å². The van der Waals surface area contributed by atoms with E-state index in [-0.39, 0.29) is 48.9 Å². The van der Waals surface area contributed by atoms with Gasteiger partial charge in [-0.15, -0.1) is 0 Å². The summed E-state index contributed by atoms with van der Waals surface area (Å²) in [7, 11) is 0. The first-order valence-corrected chi connectivity index (χ1v) is 2.07. The molecule has 3 nitrogen and oxygen atoms in total. The molecule has 0 spiro atoms. The minimum atomic E-state index is -0.567. The van der Waals surface area contributed by atoms with Crippen LogP contribution in [0.4, 0.5) is 0 Å². The van der Waals surface area contributed by atoms with Crippen molar-refractivity contribution in [2.75, 3.05) is 13.2 Å². The summed E-state index contributed by atoms with van der Waals surface area (Å²) < 4.78 is 4.30. The molecule has 0 aromatic heterocycles. The van der Waals surface area contributed by atoms with E-state index in [1.54, 1.807) is 6.92 Å². The van der Waals surface area contributed by atoms with Gasteiger partial charge in [0.1, 0.15) is 6.61 Å². The Bertz CT molecular complexity index is 64.3. The van der Waals surface area contributed by atoms with Crippen LogP contribution in [0.2, 0.25) is 0 Å². The fourth-order valence-corrected chi connectivity index (χ4v) is 0.207. The van der Waals surface area contributed by atoms with Crippen LogP contribution in [0.15, 0.2) is 0 Å². The van der Waals surface area contributed by atoms with Gasteiger partial charge in [-0.05, 0) is 6.92 Å². The Morgan fingerprint density at radius 3 is 2.38 bits per heavy atom. The van der Waals surface area contributed by atoms with Crippen LogP contribution in [0.1, 0.15) is 6.92 Å². The summed E-state index contributed by atoms with van der Waals surface area (Å²) in [5.41, 5.74) is 0. The Morgan fingerprint density at radius 2 is 2.25 bits per heavy atom. The summed E-state index contributed by atoms with van der Waals surface area (Å²) in [6.45, 7) is 1.50. The van der Waals surface area contributed by atoms with Gasteiger partial charge in [-0.1, -0.05) is 0 Å². The number of aliphatic hydroxyl groups excluding tert-OH is 1. The van der Waals surface area contributed by atoms with Crippen molar-refractivity contribution in [3.05, 3.63) is 0 Å². The van der Waals surface area contributed by atoms with E-state index < -0.39 is 12.6 Å². The second kappa shape index (κ2) is 8.00. The van der Waals surface area contributed by atoms with Crippen LogP contribution in [0, 0.1) is 0 Å². The van der Waals surface area contributed by atoms with Gasteiger partial charge in [0, 0.05) is 0 Å². The fraction of sp³-hybridized carbons (Fsp3) is 0.750. The number of rotatable bonds is 2. The van der Waals surface area contributed by atoms with Gasteiger partial charge in [-0.3, -0.25) is 0 Å². The van der Waals surface area contributed by atoms with Gasteiger partial charge in [0.05, 0.1) is 6.61 Å². The Hall–Kier alpha value is 1.00. The van der Waals surface area contributed by atoms with Gasteiger partial charge in [-0.2, -0.15) is 0 Å². The van der Waals surface area contributed by atoms with Crippen LogP contribution in [0.5, 0.6) is 0 Å². The minimum Gasteiger partial charge on any atom is -0.464 e. The molecule has 0 bridgehead atoms. The van der Waals surface area contributed by atoms with Gasteiger partial charge in [0.2, 0.25) is 0 Å². The number of hydrogen-bond acceptors (Lipinski definition) is 3. The summed E-state index contributed by atoms with van der Waals surface area (Å²) in [6, 6.07) is 0. The third-order valence-corrected chi connectivity index (χ3v) is 0.434. The molecule has 0 aliphatic heterocycles. The van der Waals surface area contributed by atoms with E-state index in [0.717, 1.165) is 0 Å². The summed E-state index contributed by atoms with van der Waals surface area (Å²) >= 11 is 0. The molecule has 1 N–H and O–H groups in total. The van der Waals surface area contributed by atoms with Gasteiger partial charge in [-0.25, -0.2) is 4.79 Å². The maximum absolute atomic E-state index is 9.94. The molecular weight excluding hydrogens is 233 g/mol. The molecule has 0 saturated carbocycles. The Kier molecular flexibility index (Phi) is 11.8. The first kappa shape index (κ1) is 11.8.